The van der Waals surface area contributed by atoms with Crippen molar-refractivity contribution in [2.24, 2.45) is 0 Å². The van der Waals surface area contributed by atoms with Crippen LogP contribution in [0.25, 0.3) is 0 Å². The Bertz CT molecular complexity index is 386. The van der Waals surface area contributed by atoms with Crippen LogP contribution < -0.4 is 4.90 Å². The molecule has 1 aliphatic rings. The summed E-state index contributed by atoms with van der Waals surface area (Å²) in [5, 5.41) is 1.09. The highest BCUT2D eigenvalue weighted by molar-refractivity contribution is 7.17. The summed E-state index contributed by atoms with van der Waals surface area (Å²) in [6, 6.07) is 0. The van der Waals surface area contributed by atoms with E-state index in [1.54, 1.807) is 0 Å². The maximum atomic E-state index is 10.7. The molecule has 16 heavy (non-hydrogen) atoms. The number of carbonyl (C=O) groups is 1. The van der Waals surface area contributed by atoms with Gasteiger partial charge in [0.25, 0.3) is 0 Å². The maximum absolute atomic E-state index is 10.7. The maximum Gasteiger partial charge on any atom is 0.187 e. The van der Waals surface area contributed by atoms with Crippen molar-refractivity contribution in [3.8, 4) is 0 Å². The number of morpholine rings is 1. The second kappa shape index (κ2) is 4.69. The van der Waals surface area contributed by atoms with Crippen molar-refractivity contribution < 1.29 is 9.53 Å². The van der Waals surface area contributed by atoms with Gasteiger partial charge in [0, 0.05) is 13.1 Å². The Kier molecular flexibility index (Phi) is 3.47. The molecule has 0 bridgehead atoms. The summed E-state index contributed by atoms with van der Waals surface area (Å²) >= 11 is 7.18. The topological polar surface area (TPSA) is 42.4 Å². The minimum absolute atomic E-state index is 0.172. The van der Waals surface area contributed by atoms with Gasteiger partial charge in [0.1, 0.15) is 4.88 Å². The first kappa shape index (κ1) is 11.8. The second-order valence-electron chi connectivity index (χ2n) is 3.93. The molecule has 1 fully saturated rings. The SMILES string of the molecule is CC1CN(c2nc(Cl)c(C=O)s2)CC(C)O1. The number of rotatable bonds is 2. The molecule has 88 valence electrons. The van der Waals surface area contributed by atoms with E-state index in [-0.39, 0.29) is 12.2 Å². The summed E-state index contributed by atoms with van der Waals surface area (Å²) in [5.41, 5.74) is 0. The first-order valence-electron chi connectivity index (χ1n) is 5.12. The van der Waals surface area contributed by atoms with Gasteiger partial charge in [-0.05, 0) is 13.8 Å². The third-order valence-corrected chi connectivity index (χ3v) is 3.84. The van der Waals surface area contributed by atoms with Crippen molar-refractivity contribution >= 4 is 34.4 Å². The van der Waals surface area contributed by atoms with Crippen molar-refractivity contribution in [3.63, 3.8) is 0 Å². The summed E-state index contributed by atoms with van der Waals surface area (Å²) in [6.07, 6.45) is 1.09. The molecule has 0 N–H and O–H groups in total. The number of aromatic nitrogens is 1. The van der Waals surface area contributed by atoms with Crippen LogP contribution in [0, 0.1) is 0 Å². The van der Waals surface area contributed by atoms with Gasteiger partial charge in [-0.1, -0.05) is 22.9 Å². The van der Waals surface area contributed by atoms with Crippen LogP contribution in [-0.2, 0) is 4.74 Å². The van der Waals surface area contributed by atoms with Gasteiger partial charge in [0.2, 0.25) is 0 Å². The lowest BCUT2D eigenvalue weighted by molar-refractivity contribution is -0.00522. The molecular formula is C10H13ClN2O2S. The molecule has 2 unspecified atom stereocenters. The van der Waals surface area contributed by atoms with E-state index >= 15 is 0 Å². The normalized spacial score (nSPS) is 25.8. The van der Waals surface area contributed by atoms with Crippen LogP contribution >= 0.6 is 22.9 Å². The third-order valence-electron chi connectivity index (χ3n) is 2.40. The molecule has 1 aromatic heterocycles. The summed E-state index contributed by atoms with van der Waals surface area (Å²) < 4.78 is 5.63. The minimum atomic E-state index is 0.172. The summed E-state index contributed by atoms with van der Waals surface area (Å²) in [6.45, 7) is 5.62. The second-order valence-corrected chi connectivity index (χ2v) is 5.30. The molecule has 2 heterocycles. The van der Waals surface area contributed by atoms with Crippen molar-refractivity contribution in [1.29, 1.82) is 0 Å². The van der Waals surface area contributed by atoms with Crippen LogP contribution in [0.1, 0.15) is 23.5 Å². The molecule has 0 saturated carbocycles. The number of hydrogen-bond acceptors (Lipinski definition) is 5. The van der Waals surface area contributed by atoms with Gasteiger partial charge >= 0.3 is 0 Å². The monoisotopic (exact) mass is 260 g/mol. The summed E-state index contributed by atoms with van der Waals surface area (Å²) in [5.74, 6) is 0. The fourth-order valence-electron chi connectivity index (χ4n) is 1.84. The lowest BCUT2D eigenvalue weighted by Crippen LogP contribution is -2.45. The zero-order valence-corrected chi connectivity index (χ0v) is 10.7. The highest BCUT2D eigenvalue weighted by Crippen LogP contribution is 2.30. The molecule has 0 aliphatic carbocycles. The van der Waals surface area contributed by atoms with Crippen LogP contribution in [0.15, 0.2) is 0 Å². The summed E-state index contributed by atoms with van der Waals surface area (Å²) in [4.78, 5) is 17.5. The minimum Gasteiger partial charge on any atom is -0.372 e. The standard InChI is InChI=1S/C10H13ClN2O2S/c1-6-3-13(4-7(2)15-6)10-12-9(11)8(5-14)16-10/h5-7H,3-4H2,1-2H3. The number of halogens is 1. The van der Waals surface area contributed by atoms with Gasteiger partial charge < -0.3 is 9.64 Å². The molecule has 1 aromatic rings. The highest BCUT2D eigenvalue weighted by atomic mass is 35.5. The van der Waals surface area contributed by atoms with E-state index in [2.05, 4.69) is 9.88 Å². The average Bonchev–Trinajstić information content (AvgIpc) is 2.58. The molecule has 0 amide bonds. The Balaban J connectivity index is 2.19. The van der Waals surface area contributed by atoms with Crippen molar-refractivity contribution in [3.05, 3.63) is 10.0 Å². The molecular weight excluding hydrogens is 248 g/mol. The number of aldehydes is 1. The third kappa shape index (κ3) is 2.36. The van der Waals surface area contributed by atoms with Crippen LogP contribution in [0.2, 0.25) is 5.15 Å². The van der Waals surface area contributed by atoms with Crippen molar-refractivity contribution in [1.82, 2.24) is 4.98 Å². The molecule has 1 saturated heterocycles. The van der Waals surface area contributed by atoms with Gasteiger partial charge in [-0.15, -0.1) is 0 Å². The number of thiazole rings is 1. The number of anilines is 1. The zero-order chi connectivity index (χ0) is 11.7. The lowest BCUT2D eigenvalue weighted by atomic mass is 10.2. The Morgan fingerprint density at radius 3 is 2.62 bits per heavy atom. The number of hydrogen-bond donors (Lipinski definition) is 0. The van der Waals surface area contributed by atoms with E-state index in [4.69, 9.17) is 16.3 Å². The van der Waals surface area contributed by atoms with E-state index in [0.717, 1.165) is 24.5 Å². The first-order valence-corrected chi connectivity index (χ1v) is 6.31. The van der Waals surface area contributed by atoms with E-state index in [1.807, 2.05) is 13.8 Å². The Hall–Kier alpha value is -0.650. The molecule has 1 aliphatic heterocycles. The van der Waals surface area contributed by atoms with Crippen LogP contribution in [-0.4, -0.2) is 36.6 Å². The van der Waals surface area contributed by atoms with E-state index in [9.17, 15) is 4.79 Å². The van der Waals surface area contributed by atoms with Crippen molar-refractivity contribution in [2.45, 2.75) is 26.1 Å². The fourth-order valence-corrected chi connectivity index (χ4v) is 2.92. The number of nitrogens with zero attached hydrogens (tertiary/aromatic N) is 2. The molecule has 0 aromatic carbocycles. The predicted molar refractivity (Wildman–Crippen MR) is 64.7 cm³/mol. The zero-order valence-electron chi connectivity index (χ0n) is 9.14. The van der Waals surface area contributed by atoms with Gasteiger partial charge in [0.15, 0.2) is 16.6 Å². The number of carbonyl (C=O) groups excluding carboxylic acids is 1. The van der Waals surface area contributed by atoms with Crippen LogP contribution in [0.4, 0.5) is 5.13 Å². The van der Waals surface area contributed by atoms with Gasteiger partial charge in [-0.2, -0.15) is 0 Å². The van der Waals surface area contributed by atoms with E-state index in [1.165, 1.54) is 11.3 Å². The molecule has 2 rings (SSSR count). The quantitative estimate of drug-likeness (QED) is 0.765. The van der Waals surface area contributed by atoms with Crippen LogP contribution in [0.3, 0.4) is 0 Å². The fraction of sp³-hybridized carbons (Fsp3) is 0.600. The molecule has 6 heteroatoms. The Morgan fingerprint density at radius 1 is 1.50 bits per heavy atom. The average molecular weight is 261 g/mol. The molecule has 2 atom stereocenters. The number of ether oxygens (including phenoxy) is 1. The van der Waals surface area contributed by atoms with E-state index < -0.39 is 0 Å². The Morgan fingerprint density at radius 2 is 2.12 bits per heavy atom. The summed E-state index contributed by atoms with van der Waals surface area (Å²) in [7, 11) is 0. The molecule has 0 radical (unpaired) electrons. The molecule has 0 spiro atoms. The van der Waals surface area contributed by atoms with Gasteiger partial charge in [-0.25, -0.2) is 4.98 Å². The highest BCUT2D eigenvalue weighted by Gasteiger charge is 2.25. The Labute approximate surface area is 103 Å². The van der Waals surface area contributed by atoms with Gasteiger partial charge in [0.05, 0.1) is 12.2 Å². The lowest BCUT2D eigenvalue weighted by Gasteiger charge is -2.35. The molecule has 4 nitrogen and oxygen atoms in total. The smallest absolute Gasteiger partial charge is 0.187 e. The van der Waals surface area contributed by atoms with E-state index in [0.29, 0.717) is 10.0 Å². The first-order chi connectivity index (χ1) is 7.60. The largest absolute Gasteiger partial charge is 0.372 e. The van der Waals surface area contributed by atoms with Crippen LogP contribution in [0.5, 0.6) is 0 Å². The van der Waals surface area contributed by atoms with Gasteiger partial charge in [-0.3, -0.25) is 4.79 Å². The van der Waals surface area contributed by atoms with Crippen molar-refractivity contribution in [2.75, 3.05) is 18.0 Å². The predicted octanol–water partition coefficient (Wildman–Crippen LogP) is 2.22.